The molecule has 2 heterocycles. The fourth-order valence-electron chi connectivity index (χ4n) is 6.27. The Morgan fingerprint density at radius 1 is 0.862 bits per heavy atom. The number of piperazine rings is 1. The molecule has 0 atom stereocenters. The van der Waals surface area contributed by atoms with Crippen LogP contribution >= 0.6 is 11.3 Å². The highest BCUT2D eigenvalue weighted by Gasteiger charge is 2.50. The molecule has 4 saturated carbocycles. The predicted octanol–water partition coefficient (Wildman–Crippen LogP) is 2.49. The molecule has 1 aromatic heterocycles. The molecule has 6 rings (SSSR count). The van der Waals surface area contributed by atoms with E-state index >= 15 is 0 Å². The number of hydrogen-bond donors (Lipinski definition) is 2. The lowest BCUT2D eigenvalue weighted by Crippen LogP contribution is -2.60. The maximum atomic E-state index is 12.5. The van der Waals surface area contributed by atoms with Crippen molar-refractivity contribution in [2.45, 2.75) is 38.1 Å². The first-order valence-electron chi connectivity index (χ1n) is 10.5. The number of carbonyl (C=O) groups excluding carboxylic acids is 1. The topological polar surface area (TPSA) is 98.1 Å². The fraction of sp³-hybridized carbons (Fsp3) is 0.667. The van der Waals surface area contributed by atoms with E-state index in [1.165, 1.54) is 32.1 Å². The van der Waals surface area contributed by atoms with Gasteiger partial charge in [-0.2, -0.15) is 0 Å². The van der Waals surface area contributed by atoms with Crippen LogP contribution in [0.5, 0.6) is 0 Å². The fourth-order valence-corrected chi connectivity index (χ4v) is 6.96. The second kappa shape index (κ2) is 8.44. The third-order valence-corrected chi connectivity index (χ3v) is 7.97. The van der Waals surface area contributed by atoms with Gasteiger partial charge in [-0.15, -0.1) is 11.3 Å². The molecule has 4 bridgehead atoms. The number of amides is 1. The second-order valence-corrected chi connectivity index (χ2v) is 9.78. The summed E-state index contributed by atoms with van der Waals surface area (Å²) in [5, 5.41) is 16.8. The van der Waals surface area contributed by atoms with Crippen molar-refractivity contribution in [1.29, 1.82) is 0 Å². The zero-order valence-corrected chi connectivity index (χ0v) is 17.2. The Kier molecular flexibility index (Phi) is 5.92. The highest BCUT2D eigenvalue weighted by Crippen LogP contribution is 2.55. The molecule has 29 heavy (non-hydrogen) atoms. The standard InChI is InChI=1S/C19H26N2OS.C2H2O4/c22-19(17-2-1-7-23-17)21-5-3-20(4-6-21)18-15-9-13-8-14(11-15)12-16(18)10-13;3-1(4)2(5)6/h1-2,7,13-16,18H,3-6,8-12H2;(H,3,4)(H,5,6). The number of rotatable bonds is 2. The zero-order chi connectivity index (χ0) is 20.5. The van der Waals surface area contributed by atoms with Crippen molar-refractivity contribution < 1.29 is 24.6 Å². The second-order valence-electron chi connectivity index (χ2n) is 8.84. The molecule has 0 aromatic carbocycles. The minimum atomic E-state index is -1.82. The Balaban J connectivity index is 0.000000302. The van der Waals surface area contributed by atoms with Gasteiger partial charge >= 0.3 is 11.9 Å². The largest absolute Gasteiger partial charge is 0.473 e. The van der Waals surface area contributed by atoms with E-state index in [1.807, 2.05) is 17.5 Å². The first kappa shape index (κ1) is 20.3. The van der Waals surface area contributed by atoms with Crippen LogP contribution in [0.15, 0.2) is 17.5 Å². The lowest BCUT2D eigenvalue weighted by molar-refractivity contribution is -0.159. The molecule has 4 aliphatic carbocycles. The molecule has 0 unspecified atom stereocenters. The molecule has 1 saturated heterocycles. The maximum absolute atomic E-state index is 12.5. The van der Waals surface area contributed by atoms with Crippen molar-refractivity contribution in [1.82, 2.24) is 9.80 Å². The summed E-state index contributed by atoms with van der Waals surface area (Å²) >= 11 is 1.57. The number of hydrogen-bond acceptors (Lipinski definition) is 5. The maximum Gasteiger partial charge on any atom is 0.414 e. The summed E-state index contributed by atoms with van der Waals surface area (Å²) in [6.07, 6.45) is 7.50. The first-order chi connectivity index (χ1) is 13.9. The van der Waals surface area contributed by atoms with Crippen molar-refractivity contribution in [3.8, 4) is 0 Å². The van der Waals surface area contributed by atoms with Gasteiger partial charge in [-0.25, -0.2) is 9.59 Å². The van der Waals surface area contributed by atoms with Crippen LogP contribution < -0.4 is 0 Å². The Bertz CT molecular complexity index is 717. The van der Waals surface area contributed by atoms with Gasteiger partial charge in [0.15, 0.2) is 0 Å². The Hall–Kier alpha value is -1.93. The molecule has 5 aliphatic rings. The molecule has 1 amide bonds. The smallest absolute Gasteiger partial charge is 0.414 e. The van der Waals surface area contributed by atoms with Crippen molar-refractivity contribution in [2.75, 3.05) is 26.2 Å². The molecule has 5 fully saturated rings. The number of carboxylic acid groups (broad SMARTS) is 2. The monoisotopic (exact) mass is 420 g/mol. The molecule has 158 valence electrons. The number of aliphatic carboxylic acids is 2. The van der Waals surface area contributed by atoms with E-state index in [-0.39, 0.29) is 5.91 Å². The van der Waals surface area contributed by atoms with Gasteiger partial charge in [0.2, 0.25) is 0 Å². The average Bonchev–Trinajstić information content (AvgIpc) is 3.22. The normalized spacial score (nSPS) is 33.1. The van der Waals surface area contributed by atoms with Crippen molar-refractivity contribution in [2.24, 2.45) is 23.7 Å². The van der Waals surface area contributed by atoms with Gasteiger partial charge in [0.05, 0.1) is 4.88 Å². The molecule has 0 radical (unpaired) electrons. The van der Waals surface area contributed by atoms with Gasteiger partial charge in [0.25, 0.3) is 5.91 Å². The Morgan fingerprint density at radius 3 is 1.86 bits per heavy atom. The number of thiophene rings is 1. The van der Waals surface area contributed by atoms with E-state index in [9.17, 15) is 4.79 Å². The lowest BCUT2D eigenvalue weighted by atomic mass is 9.54. The van der Waals surface area contributed by atoms with Crippen molar-refractivity contribution >= 4 is 29.2 Å². The van der Waals surface area contributed by atoms with Gasteiger partial charge < -0.3 is 15.1 Å². The minimum Gasteiger partial charge on any atom is -0.473 e. The third-order valence-electron chi connectivity index (χ3n) is 7.11. The molecular weight excluding hydrogens is 392 g/mol. The molecule has 7 nitrogen and oxygen atoms in total. The first-order valence-corrected chi connectivity index (χ1v) is 11.3. The summed E-state index contributed by atoms with van der Waals surface area (Å²) < 4.78 is 0. The van der Waals surface area contributed by atoms with Crippen LogP contribution in [0.4, 0.5) is 0 Å². The van der Waals surface area contributed by atoms with Crippen LogP contribution in [0.25, 0.3) is 0 Å². The summed E-state index contributed by atoms with van der Waals surface area (Å²) in [5.41, 5.74) is 0. The third kappa shape index (κ3) is 4.33. The SMILES string of the molecule is O=C(O)C(=O)O.O=C(c1cccs1)N1CCN(C2C3CC4CC(C3)CC2C4)CC1. The van der Waals surface area contributed by atoms with Gasteiger partial charge in [-0.05, 0) is 67.2 Å². The van der Waals surface area contributed by atoms with E-state index in [2.05, 4.69) is 9.80 Å². The molecule has 2 N–H and O–H groups in total. The number of nitrogens with zero attached hydrogens (tertiary/aromatic N) is 2. The number of carboxylic acids is 2. The molecule has 8 heteroatoms. The van der Waals surface area contributed by atoms with Crippen LogP contribution in [0.2, 0.25) is 0 Å². The van der Waals surface area contributed by atoms with Gasteiger partial charge in [0, 0.05) is 32.2 Å². The summed E-state index contributed by atoms with van der Waals surface area (Å²) in [5.74, 6) is 0.622. The van der Waals surface area contributed by atoms with Crippen molar-refractivity contribution in [3.05, 3.63) is 22.4 Å². The van der Waals surface area contributed by atoms with E-state index in [1.54, 1.807) is 11.3 Å². The van der Waals surface area contributed by atoms with E-state index in [0.29, 0.717) is 0 Å². The van der Waals surface area contributed by atoms with Crippen LogP contribution in [0.3, 0.4) is 0 Å². The lowest BCUT2D eigenvalue weighted by Gasteiger charge is -2.58. The van der Waals surface area contributed by atoms with E-state index in [4.69, 9.17) is 19.8 Å². The minimum absolute atomic E-state index is 0.240. The van der Waals surface area contributed by atoms with E-state index < -0.39 is 11.9 Å². The van der Waals surface area contributed by atoms with Crippen LogP contribution in [-0.4, -0.2) is 70.1 Å². The highest BCUT2D eigenvalue weighted by atomic mass is 32.1. The van der Waals surface area contributed by atoms with E-state index in [0.717, 1.165) is 60.8 Å². The molecule has 1 aliphatic heterocycles. The Morgan fingerprint density at radius 2 is 1.41 bits per heavy atom. The molecule has 0 spiro atoms. The van der Waals surface area contributed by atoms with Crippen LogP contribution in [0, 0.1) is 23.7 Å². The molecule has 1 aromatic rings. The van der Waals surface area contributed by atoms with Crippen LogP contribution in [-0.2, 0) is 9.59 Å². The van der Waals surface area contributed by atoms with Crippen molar-refractivity contribution in [3.63, 3.8) is 0 Å². The summed E-state index contributed by atoms with van der Waals surface area (Å²) in [7, 11) is 0. The summed E-state index contributed by atoms with van der Waals surface area (Å²) in [6.45, 7) is 4.01. The average molecular weight is 421 g/mol. The Labute approximate surface area is 174 Å². The van der Waals surface area contributed by atoms with Gasteiger partial charge in [-0.1, -0.05) is 6.07 Å². The quantitative estimate of drug-likeness (QED) is 0.714. The predicted molar refractivity (Wildman–Crippen MR) is 108 cm³/mol. The van der Waals surface area contributed by atoms with Gasteiger partial charge in [0.1, 0.15) is 0 Å². The highest BCUT2D eigenvalue weighted by molar-refractivity contribution is 7.12. The molecular formula is C21H28N2O5S. The van der Waals surface area contributed by atoms with Gasteiger partial charge in [-0.3, -0.25) is 9.69 Å². The summed E-state index contributed by atoms with van der Waals surface area (Å²) in [6, 6.07) is 4.77. The summed E-state index contributed by atoms with van der Waals surface area (Å²) in [4.78, 5) is 36.4. The van der Waals surface area contributed by atoms with Crippen LogP contribution in [0.1, 0.15) is 41.8 Å². The zero-order valence-electron chi connectivity index (χ0n) is 16.4. The number of carbonyl (C=O) groups is 3.